The molecule has 0 fully saturated rings. The fourth-order valence-corrected chi connectivity index (χ4v) is 1.93. The van der Waals surface area contributed by atoms with Crippen LogP contribution in [0.15, 0.2) is 0 Å². The van der Waals surface area contributed by atoms with E-state index in [1.165, 1.54) is 0 Å². The van der Waals surface area contributed by atoms with Crippen LogP contribution >= 0.6 is 11.8 Å². The highest BCUT2D eigenvalue weighted by molar-refractivity contribution is 7.99. The molecule has 0 unspecified atom stereocenters. The highest BCUT2D eigenvalue weighted by Gasteiger charge is 2.18. The Hall–Kier alpha value is -0.220. The Balaban J connectivity index is 3.86. The first kappa shape index (κ1) is 13.8. The van der Waals surface area contributed by atoms with E-state index in [1.807, 2.05) is 18.8 Å². The molecule has 0 spiro atoms. The highest BCUT2D eigenvalue weighted by Crippen LogP contribution is 2.08. The molecule has 0 bridgehead atoms. The van der Waals surface area contributed by atoms with Crippen molar-refractivity contribution in [1.82, 2.24) is 4.90 Å². The van der Waals surface area contributed by atoms with Crippen LogP contribution in [0.4, 0.5) is 0 Å². The van der Waals surface area contributed by atoms with Crippen molar-refractivity contribution >= 4 is 17.7 Å². The van der Waals surface area contributed by atoms with Crippen molar-refractivity contribution in [1.29, 1.82) is 0 Å². The second kappa shape index (κ2) is 7.12. The second-order valence-corrected chi connectivity index (χ2v) is 4.97. The van der Waals surface area contributed by atoms with Crippen molar-refractivity contribution in [3.8, 4) is 0 Å². The summed E-state index contributed by atoms with van der Waals surface area (Å²) in [5.41, 5.74) is 5.53. The first-order valence-corrected chi connectivity index (χ1v) is 6.26. The number of carbonyl (C=O) groups is 1. The molecule has 0 aliphatic heterocycles. The lowest BCUT2D eigenvalue weighted by atomic mass is 10.2. The van der Waals surface area contributed by atoms with Gasteiger partial charge in [0, 0.05) is 13.1 Å². The Bertz CT molecular complexity index is 174. The van der Waals surface area contributed by atoms with Crippen molar-refractivity contribution in [3.63, 3.8) is 0 Å². The number of likely N-dealkylation sites (N-methyl/N-ethyl adjacent to an activating group) is 1. The fraction of sp³-hybridized carbons (Fsp3) is 0.900. The standard InChI is InChI=1S/C10H22N2OS/c1-5-14-7-6-8(2)12(4)10(13)9(3)11/h8-9H,5-7,11H2,1-4H3/t8-,9+/m0/s1. The van der Waals surface area contributed by atoms with E-state index >= 15 is 0 Å². The molecule has 4 heteroatoms. The van der Waals surface area contributed by atoms with E-state index in [2.05, 4.69) is 13.8 Å². The first-order valence-electron chi connectivity index (χ1n) is 5.10. The van der Waals surface area contributed by atoms with Gasteiger partial charge in [0.05, 0.1) is 6.04 Å². The predicted molar refractivity (Wildman–Crippen MR) is 63.5 cm³/mol. The lowest BCUT2D eigenvalue weighted by Gasteiger charge is -2.26. The normalized spacial score (nSPS) is 14.9. The number of thioether (sulfide) groups is 1. The zero-order chi connectivity index (χ0) is 11.1. The van der Waals surface area contributed by atoms with Crippen LogP contribution in [0.2, 0.25) is 0 Å². The third-order valence-electron chi connectivity index (χ3n) is 2.28. The quantitative estimate of drug-likeness (QED) is 0.684. The lowest BCUT2D eigenvalue weighted by molar-refractivity contribution is -0.132. The molecule has 0 aliphatic carbocycles. The minimum atomic E-state index is -0.388. The SMILES string of the molecule is CCSCC[C@H](C)N(C)C(=O)[C@@H](C)N. The minimum Gasteiger partial charge on any atom is -0.342 e. The van der Waals surface area contributed by atoms with Gasteiger partial charge in [0.25, 0.3) is 0 Å². The van der Waals surface area contributed by atoms with E-state index in [9.17, 15) is 4.79 Å². The van der Waals surface area contributed by atoms with Crippen LogP contribution in [-0.4, -0.2) is 41.4 Å². The Morgan fingerprint density at radius 1 is 1.50 bits per heavy atom. The van der Waals surface area contributed by atoms with Crippen LogP contribution in [0.5, 0.6) is 0 Å². The molecule has 84 valence electrons. The fourth-order valence-electron chi connectivity index (χ4n) is 1.13. The highest BCUT2D eigenvalue weighted by atomic mass is 32.2. The van der Waals surface area contributed by atoms with Gasteiger partial charge in [-0.15, -0.1) is 0 Å². The van der Waals surface area contributed by atoms with Crippen molar-refractivity contribution in [3.05, 3.63) is 0 Å². The predicted octanol–water partition coefficient (Wildman–Crippen LogP) is 1.32. The van der Waals surface area contributed by atoms with E-state index in [4.69, 9.17) is 5.73 Å². The molecular formula is C10H22N2OS. The molecular weight excluding hydrogens is 196 g/mol. The second-order valence-electron chi connectivity index (χ2n) is 3.57. The summed E-state index contributed by atoms with van der Waals surface area (Å²) >= 11 is 1.90. The van der Waals surface area contributed by atoms with E-state index < -0.39 is 0 Å². The Morgan fingerprint density at radius 3 is 2.50 bits per heavy atom. The lowest BCUT2D eigenvalue weighted by Crippen LogP contribution is -2.44. The molecule has 2 N–H and O–H groups in total. The number of nitrogens with zero attached hydrogens (tertiary/aromatic N) is 1. The molecule has 0 aliphatic rings. The van der Waals surface area contributed by atoms with Crippen LogP contribution < -0.4 is 5.73 Å². The smallest absolute Gasteiger partial charge is 0.239 e. The summed E-state index contributed by atoms with van der Waals surface area (Å²) in [6, 6.07) is -0.103. The van der Waals surface area contributed by atoms with E-state index in [0.29, 0.717) is 0 Å². The molecule has 0 radical (unpaired) electrons. The maximum absolute atomic E-state index is 11.5. The van der Waals surface area contributed by atoms with Crippen LogP contribution in [0.25, 0.3) is 0 Å². The van der Waals surface area contributed by atoms with Gasteiger partial charge < -0.3 is 10.6 Å². The first-order chi connectivity index (χ1) is 6.50. The largest absolute Gasteiger partial charge is 0.342 e. The molecule has 0 aromatic carbocycles. The van der Waals surface area contributed by atoms with Gasteiger partial charge in [-0.2, -0.15) is 11.8 Å². The van der Waals surface area contributed by atoms with Crippen molar-refractivity contribution < 1.29 is 4.79 Å². The molecule has 0 rings (SSSR count). The van der Waals surface area contributed by atoms with Gasteiger partial charge >= 0.3 is 0 Å². The third-order valence-corrected chi connectivity index (χ3v) is 3.22. The van der Waals surface area contributed by atoms with Crippen LogP contribution in [0, 0.1) is 0 Å². The number of carbonyl (C=O) groups excluding carboxylic acids is 1. The van der Waals surface area contributed by atoms with Crippen LogP contribution in [0.3, 0.4) is 0 Å². The molecule has 0 heterocycles. The minimum absolute atomic E-state index is 0.0269. The maximum atomic E-state index is 11.5. The number of amides is 1. The molecule has 1 amide bonds. The summed E-state index contributed by atoms with van der Waals surface area (Å²) in [7, 11) is 1.83. The maximum Gasteiger partial charge on any atom is 0.239 e. The van der Waals surface area contributed by atoms with Crippen molar-refractivity contribution in [2.24, 2.45) is 5.73 Å². The third kappa shape index (κ3) is 4.86. The summed E-state index contributed by atoms with van der Waals surface area (Å²) in [6.45, 7) is 5.94. The average Bonchev–Trinajstić information content (AvgIpc) is 2.15. The molecule has 0 saturated heterocycles. The Labute approximate surface area is 91.4 Å². The van der Waals surface area contributed by atoms with Crippen molar-refractivity contribution in [2.75, 3.05) is 18.6 Å². The summed E-state index contributed by atoms with van der Waals surface area (Å²) in [5, 5.41) is 0. The van der Waals surface area contributed by atoms with Gasteiger partial charge in [0.1, 0.15) is 0 Å². The van der Waals surface area contributed by atoms with Crippen LogP contribution in [-0.2, 0) is 4.79 Å². The van der Waals surface area contributed by atoms with E-state index in [1.54, 1.807) is 11.8 Å². The number of nitrogens with two attached hydrogens (primary N) is 1. The van der Waals surface area contributed by atoms with Crippen LogP contribution in [0.1, 0.15) is 27.2 Å². The monoisotopic (exact) mass is 218 g/mol. The van der Waals surface area contributed by atoms with Gasteiger partial charge in [0.15, 0.2) is 0 Å². The zero-order valence-electron chi connectivity index (χ0n) is 9.62. The molecule has 0 aromatic rings. The average molecular weight is 218 g/mol. The molecule has 2 atom stereocenters. The molecule has 0 aromatic heterocycles. The molecule has 0 saturated carbocycles. The Morgan fingerprint density at radius 2 is 2.07 bits per heavy atom. The van der Waals surface area contributed by atoms with Gasteiger partial charge in [-0.25, -0.2) is 0 Å². The summed E-state index contributed by atoms with van der Waals surface area (Å²) < 4.78 is 0. The molecule has 14 heavy (non-hydrogen) atoms. The topological polar surface area (TPSA) is 46.3 Å². The molecule has 3 nitrogen and oxygen atoms in total. The summed E-state index contributed by atoms with van der Waals surface area (Å²) in [4.78, 5) is 13.3. The summed E-state index contributed by atoms with van der Waals surface area (Å²) in [6.07, 6.45) is 1.04. The number of rotatable bonds is 6. The van der Waals surface area contributed by atoms with Gasteiger partial charge in [-0.3, -0.25) is 4.79 Å². The Kier molecular flexibility index (Phi) is 7.01. The number of hydrogen-bond acceptors (Lipinski definition) is 3. The zero-order valence-corrected chi connectivity index (χ0v) is 10.4. The van der Waals surface area contributed by atoms with E-state index in [0.717, 1.165) is 17.9 Å². The van der Waals surface area contributed by atoms with Gasteiger partial charge in [0.2, 0.25) is 5.91 Å². The van der Waals surface area contributed by atoms with E-state index in [-0.39, 0.29) is 18.0 Å². The summed E-state index contributed by atoms with van der Waals surface area (Å²) in [5.74, 6) is 2.27. The van der Waals surface area contributed by atoms with Gasteiger partial charge in [-0.05, 0) is 31.8 Å². The van der Waals surface area contributed by atoms with Crippen molar-refractivity contribution in [2.45, 2.75) is 39.3 Å². The number of hydrogen-bond donors (Lipinski definition) is 1. The van der Waals surface area contributed by atoms with Gasteiger partial charge in [-0.1, -0.05) is 6.92 Å².